The number of pyridine rings is 1. The van der Waals surface area contributed by atoms with Gasteiger partial charge in [0, 0.05) is 6.20 Å². The van der Waals surface area contributed by atoms with Crippen LogP contribution in [0.1, 0.15) is 37.9 Å². The first-order chi connectivity index (χ1) is 8.17. The Morgan fingerprint density at radius 1 is 1.65 bits per heavy atom. The predicted octanol–water partition coefficient (Wildman–Crippen LogP) is 1.88. The van der Waals surface area contributed by atoms with Crippen molar-refractivity contribution in [2.24, 2.45) is 10.9 Å². The van der Waals surface area contributed by atoms with Gasteiger partial charge in [-0.2, -0.15) is 0 Å². The molecular formula is C12H19N3O2. The van der Waals surface area contributed by atoms with E-state index in [2.05, 4.69) is 24.0 Å². The third-order valence-electron chi connectivity index (χ3n) is 2.42. The van der Waals surface area contributed by atoms with Crippen LogP contribution in [0.15, 0.2) is 23.5 Å². The van der Waals surface area contributed by atoms with Gasteiger partial charge in [-0.3, -0.25) is 4.98 Å². The topological polar surface area (TPSA) is 80.7 Å². The molecule has 5 heteroatoms. The number of amidine groups is 1. The summed E-state index contributed by atoms with van der Waals surface area (Å²) in [5.41, 5.74) is 6.88. The van der Waals surface area contributed by atoms with Crippen molar-refractivity contribution in [3.05, 3.63) is 29.6 Å². The largest absolute Gasteiger partial charge is 0.409 e. The fourth-order valence-corrected chi connectivity index (χ4v) is 1.48. The molecular weight excluding hydrogens is 218 g/mol. The fourth-order valence-electron chi connectivity index (χ4n) is 1.48. The van der Waals surface area contributed by atoms with E-state index in [1.165, 1.54) is 0 Å². The average molecular weight is 237 g/mol. The van der Waals surface area contributed by atoms with E-state index in [0.717, 1.165) is 18.4 Å². The third kappa shape index (κ3) is 4.40. The lowest BCUT2D eigenvalue weighted by Crippen LogP contribution is -2.15. The summed E-state index contributed by atoms with van der Waals surface area (Å²) in [6.07, 6.45) is 4.00. The number of hydrogen-bond donors (Lipinski definition) is 2. The van der Waals surface area contributed by atoms with E-state index in [9.17, 15) is 0 Å². The minimum absolute atomic E-state index is 0.00783. The van der Waals surface area contributed by atoms with E-state index < -0.39 is 0 Å². The van der Waals surface area contributed by atoms with Crippen molar-refractivity contribution in [1.82, 2.24) is 4.98 Å². The monoisotopic (exact) mass is 237 g/mol. The Morgan fingerprint density at radius 2 is 2.41 bits per heavy atom. The molecule has 17 heavy (non-hydrogen) atoms. The quantitative estimate of drug-likeness (QED) is 0.342. The number of oxime groups is 1. The van der Waals surface area contributed by atoms with Crippen molar-refractivity contribution >= 4 is 5.84 Å². The molecule has 0 aliphatic heterocycles. The number of rotatable bonds is 6. The molecule has 0 fully saturated rings. The molecule has 1 aromatic heterocycles. The first-order valence-corrected chi connectivity index (χ1v) is 5.71. The second-order valence-corrected chi connectivity index (χ2v) is 3.94. The maximum absolute atomic E-state index is 8.56. The van der Waals surface area contributed by atoms with Gasteiger partial charge in [-0.05, 0) is 31.0 Å². The molecule has 0 aliphatic rings. The molecule has 0 spiro atoms. The molecule has 5 nitrogen and oxygen atoms in total. The summed E-state index contributed by atoms with van der Waals surface area (Å²) >= 11 is 0. The molecule has 3 N–H and O–H groups in total. The molecule has 1 rings (SSSR count). The summed E-state index contributed by atoms with van der Waals surface area (Å²) in [7, 11) is 0. The molecule has 0 amide bonds. The lowest BCUT2D eigenvalue weighted by atomic mass is 10.2. The molecule has 1 aromatic rings. The number of ether oxygens (including phenoxy) is 1. The molecule has 1 unspecified atom stereocenters. The zero-order valence-corrected chi connectivity index (χ0v) is 10.3. The first kappa shape index (κ1) is 13.4. The standard InChI is InChI=1S/C12H19N3O2/c1-3-4-9(2)17-8-10-5-6-14-11(7-10)12(13)15-16/h5-7,9,16H,3-4,8H2,1-2H3,(H2,13,15). The summed E-state index contributed by atoms with van der Waals surface area (Å²) in [6, 6.07) is 3.61. The lowest BCUT2D eigenvalue weighted by Gasteiger charge is -2.12. The summed E-state index contributed by atoms with van der Waals surface area (Å²) in [4.78, 5) is 4.00. The second-order valence-electron chi connectivity index (χ2n) is 3.94. The van der Waals surface area contributed by atoms with Gasteiger partial charge in [-0.25, -0.2) is 0 Å². The van der Waals surface area contributed by atoms with Crippen LogP contribution >= 0.6 is 0 Å². The zero-order chi connectivity index (χ0) is 12.7. The van der Waals surface area contributed by atoms with E-state index in [4.69, 9.17) is 15.7 Å². The van der Waals surface area contributed by atoms with E-state index in [0.29, 0.717) is 12.3 Å². The summed E-state index contributed by atoms with van der Waals surface area (Å²) in [5, 5.41) is 11.5. The maximum Gasteiger partial charge on any atom is 0.188 e. The minimum Gasteiger partial charge on any atom is -0.409 e. The van der Waals surface area contributed by atoms with Gasteiger partial charge in [0.25, 0.3) is 0 Å². The van der Waals surface area contributed by atoms with Crippen molar-refractivity contribution in [2.45, 2.75) is 39.4 Å². The molecule has 0 radical (unpaired) electrons. The van der Waals surface area contributed by atoms with Crippen LogP contribution in [0.2, 0.25) is 0 Å². The highest BCUT2D eigenvalue weighted by Crippen LogP contribution is 2.08. The molecule has 94 valence electrons. The molecule has 1 heterocycles. The van der Waals surface area contributed by atoms with Crippen molar-refractivity contribution in [3.63, 3.8) is 0 Å². The molecule has 0 bridgehead atoms. The Hall–Kier alpha value is -1.62. The van der Waals surface area contributed by atoms with Crippen LogP contribution in [0.5, 0.6) is 0 Å². The van der Waals surface area contributed by atoms with Gasteiger partial charge in [-0.1, -0.05) is 18.5 Å². The van der Waals surface area contributed by atoms with Crippen LogP contribution in [-0.2, 0) is 11.3 Å². The van der Waals surface area contributed by atoms with Crippen LogP contribution < -0.4 is 5.73 Å². The summed E-state index contributed by atoms with van der Waals surface area (Å²) in [5.74, 6) is 0.00783. The van der Waals surface area contributed by atoms with Crippen molar-refractivity contribution in [3.8, 4) is 0 Å². The Balaban J connectivity index is 2.60. The van der Waals surface area contributed by atoms with Crippen molar-refractivity contribution in [2.75, 3.05) is 0 Å². The number of nitrogens with two attached hydrogens (primary N) is 1. The Labute approximate surface area is 101 Å². The fraction of sp³-hybridized carbons (Fsp3) is 0.500. The van der Waals surface area contributed by atoms with Crippen LogP contribution in [0.25, 0.3) is 0 Å². The van der Waals surface area contributed by atoms with Crippen LogP contribution in [0.3, 0.4) is 0 Å². The van der Waals surface area contributed by atoms with E-state index in [1.807, 2.05) is 6.07 Å². The highest BCUT2D eigenvalue weighted by molar-refractivity contribution is 5.95. The van der Waals surface area contributed by atoms with E-state index >= 15 is 0 Å². The third-order valence-corrected chi connectivity index (χ3v) is 2.42. The second kappa shape index (κ2) is 6.85. The Morgan fingerprint density at radius 3 is 3.06 bits per heavy atom. The molecule has 0 aromatic carbocycles. The minimum atomic E-state index is 0.00783. The van der Waals surface area contributed by atoms with Crippen LogP contribution in [0.4, 0.5) is 0 Å². The SMILES string of the molecule is CCCC(C)OCc1ccnc(/C(N)=N/O)c1. The van der Waals surface area contributed by atoms with Crippen molar-refractivity contribution < 1.29 is 9.94 Å². The van der Waals surface area contributed by atoms with Crippen LogP contribution in [0, 0.1) is 0 Å². The Kier molecular flexibility index (Phi) is 5.42. The highest BCUT2D eigenvalue weighted by Gasteiger charge is 2.04. The Bertz CT molecular complexity index is 380. The smallest absolute Gasteiger partial charge is 0.188 e. The predicted molar refractivity (Wildman–Crippen MR) is 65.9 cm³/mol. The van der Waals surface area contributed by atoms with Gasteiger partial charge < -0.3 is 15.7 Å². The number of hydrogen-bond acceptors (Lipinski definition) is 4. The molecule has 1 atom stereocenters. The molecule has 0 aliphatic carbocycles. The lowest BCUT2D eigenvalue weighted by molar-refractivity contribution is 0.0471. The van der Waals surface area contributed by atoms with Gasteiger partial charge in [0.15, 0.2) is 5.84 Å². The maximum atomic E-state index is 8.56. The van der Waals surface area contributed by atoms with Gasteiger partial charge in [-0.15, -0.1) is 0 Å². The normalized spacial score (nSPS) is 13.6. The van der Waals surface area contributed by atoms with Gasteiger partial charge in [0.1, 0.15) is 5.69 Å². The summed E-state index contributed by atoms with van der Waals surface area (Å²) in [6.45, 7) is 4.69. The van der Waals surface area contributed by atoms with Gasteiger partial charge in [0.05, 0.1) is 12.7 Å². The molecule has 0 saturated heterocycles. The first-order valence-electron chi connectivity index (χ1n) is 5.71. The van der Waals surface area contributed by atoms with Crippen molar-refractivity contribution in [1.29, 1.82) is 0 Å². The van der Waals surface area contributed by atoms with E-state index in [1.54, 1.807) is 12.3 Å². The number of nitrogens with zero attached hydrogens (tertiary/aromatic N) is 2. The molecule has 0 saturated carbocycles. The average Bonchev–Trinajstić information content (AvgIpc) is 2.36. The summed E-state index contributed by atoms with van der Waals surface area (Å²) < 4.78 is 5.67. The van der Waals surface area contributed by atoms with Gasteiger partial charge >= 0.3 is 0 Å². The zero-order valence-electron chi connectivity index (χ0n) is 10.3. The van der Waals surface area contributed by atoms with E-state index in [-0.39, 0.29) is 11.9 Å². The van der Waals surface area contributed by atoms with Gasteiger partial charge in [0.2, 0.25) is 0 Å². The van der Waals surface area contributed by atoms with Crippen LogP contribution in [-0.4, -0.2) is 22.1 Å². The number of aromatic nitrogens is 1. The highest BCUT2D eigenvalue weighted by atomic mass is 16.5.